The van der Waals surface area contributed by atoms with E-state index >= 15 is 0 Å². The van der Waals surface area contributed by atoms with Crippen LogP contribution in [0.4, 0.5) is 4.39 Å². The topological polar surface area (TPSA) is 43.9 Å². The molecule has 8 aromatic carbocycles. The number of para-hydroxylation sites is 2. The van der Waals surface area contributed by atoms with Gasteiger partial charge in [-0.1, -0.05) is 204 Å². The van der Waals surface area contributed by atoms with Crippen molar-refractivity contribution in [2.75, 3.05) is 0 Å². The van der Waals surface area contributed by atoms with Gasteiger partial charge >= 0.3 is 0 Å². The molecule has 0 aliphatic rings. The van der Waals surface area contributed by atoms with E-state index in [1.807, 2.05) is 24.3 Å². The van der Waals surface area contributed by atoms with Crippen LogP contribution in [0, 0.1) is 17.9 Å². The Morgan fingerprint density at radius 2 is 1.10 bits per heavy atom. The Hall–Kier alpha value is -7.24. The van der Waals surface area contributed by atoms with Gasteiger partial charge in [-0.15, -0.1) is 48.0 Å². The number of furan rings is 1. The molecule has 78 heavy (non-hydrogen) atoms. The van der Waals surface area contributed by atoms with Crippen LogP contribution < -0.4 is 0 Å². The van der Waals surface area contributed by atoms with Gasteiger partial charge in [0, 0.05) is 43.2 Å². The number of fused-ring (bicyclic) bond motifs is 4. The molecule has 0 aliphatic heterocycles. The van der Waals surface area contributed by atoms with Crippen LogP contribution in [-0.2, 0) is 36.4 Å². The summed E-state index contributed by atoms with van der Waals surface area (Å²) in [6, 6.07) is 65.8. The number of hydrogen-bond donors (Lipinski definition) is 0. The second-order valence-corrected chi connectivity index (χ2v) is 24.3. The van der Waals surface area contributed by atoms with Crippen molar-refractivity contribution in [1.82, 2.24) is 14.5 Å². The molecule has 11 rings (SSSR count). The summed E-state index contributed by atoms with van der Waals surface area (Å²) in [6.45, 7) is 29.5. The molecular weight excluding hydrogens is 1130 g/mol. The third-order valence-electron chi connectivity index (χ3n) is 14.9. The molecule has 11 aromatic rings. The first kappa shape index (κ1) is 55.5. The van der Waals surface area contributed by atoms with Gasteiger partial charge in [0.2, 0.25) is 0 Å². The zero-order valence-corrected chi connectivity index (χ0v) is 49.8. The van der Waals surface area contributed by atoms with E-state index in [1.54, 1.807) is 12.3 Å². The van der Waals surface area contributed by atoms with Crippen LogP contribution in [0.25, 0.3) is 94.7 Å². The van der Waals surface area contributed by atoms with E-state index in [0.29, 0.717) is 0 Å². The Morgan fingerprint density at radius 3 is 1.69 bits per heavy atom. The van der Waals surface area contributed by atoms with E-state index in [0.717, 1.165) is 66.7 Å². The SMILES string of the molecule is CC(C)(C)c1ccnc(-c2[c-]cc(F)cc2)c1.CC(C)c1cc(-c2ccc(-c3cc(C(C)(C)C)cc(C(C)(C)C)c3)cc2)cc(C(C)C)c1-n1c(-c2[c-]ccc3c2oc2cc(-c4ccccc4)ccc23)nc2ccccc21.[Ir]. The van der Waals surface area contributed by atoms with Crippen LogP contribution in [0.5, 0.6) is 0 Å². The second kappa shape index (κ2) is 21.9. The first-order valence-electron chi connectivity index (χ1n) is 27.1. The molecule has 0 aliphatic carbocycles. The molecule has 0 fully saturated rings. The Morgan fingerprint density at radius 1 is 0.526 bits per heavy atom. The van der Waals surface area contributed by atoms with Gasteiger partial charge in [0.1, 0.15) is 5.58 Å². The third-order valence-corrected chi connectivity index (χ3v) is 14.9. The average molecular weight is 1200 g/mol. The first-order valence-corrected chi connectivity index (χ1v) is 27.1. The fourth-order valence-electron chi connectivity index (χ4n) is 10.2. The van der Waals surface area contributed by atoms with E-state index in [9.17, 15) is 4.39 Å². The van der Waals surface area contributed by atoms with Gasteiger partial charge in [-0.25, -0.2) is 0 Å². The van der Waals surface area contributed by atoms with E-state index in [-0.39, 0.29) is 54.0 Å². The normalized spacial score (nSPS) is 12.1. The Kier molecular flexibility index (Phi) is 15.6. The minimum Gasteiger partial charge on any atom is -0.501 e. The van der Waals surface area contributed by atoms with Crippen molar-refractivity contribution in [3.8, 4) is 61.7 Å². The summed E-state index contributed by atoms with van der Waals surface area (Å²) in [6.07, 6.45) is 1.78. The fraction of sp³-hybridized carbons (Fsp3) is 0.250. The van der Waals surface area contributed by atoms with Gasteiger partial charge in [-0.05, 0) is 131 Å². The molecule has 0 amide bonds. The molecule has 397 valence electrons. The third kappa shape index (κ3) is 11.4. The summed E-state index contributed by atoms with van der Waals surface area (Å²) in [7, 11) is 0. The van der Waals surface area contributed by atoms with E-state index in [1.165, 1.54) is 67.9 Å². The molecule has 0 saturated carbocycles. The van der Waals surface area contributed by atoms with Crippen molar-refractivity contribution in [2.45, 2.75) is 118 Å². The van der Waals surface area contributed by atoms with Crippen molar-refractivity contribution < 1.29 is 28.9 Å². The van der Waals surface area contributed by atoms with Crippen LogP contribution >= 0.6 is 0 Å². The molecule has 6 heteroatoms. The Bertz CT molecular complexity index is 3860. The van der Waals surface area contributed by atoms with Gasteiger partial charge in [-0.3, -0.25) is 9.37 Å². The predicted molar refractivity (Wildman–Crippen MR) is 322 cm³/mol. The van der Waals surface area contributed by atoms with Crippen LogP contribution in [0.15, 0.2) is 180 Å². The molecule has 0 unspecified atom stereocenters. The minimum atomic E-state index is -0.277. The molecule has 0 spiro atoms. The van der Waals surface area contributed by atoms with Gasteiger partial charge in [0.15, 0.2) is 0 Å². The number of benzene rings is 8. The standard InChI is InChI=1S/C57H55N2O.C15H15FN.Ir/c1-35(2)48-31-42(39-25-23-38(24-26-39)41-29-43(56(5,6)7)34-44(30-41)57(8,9)10)32-49(36(3)4)53(48)59-51-22-15-14-21-50(51)58-55(59)47-20-16-19-46-45-28-27-40(33-52(45)60-54(46)47)37-17-12-11-13-18-37;1-15(2,3)12-8-9-17-14(10-12)11-4-6-13(16)7-5-11;/h11-19,21-36H,1-10H3;4,6-10H,1-3H3;/q2*-1;. The summed E-state index contributed by atoms with van der Waals surface area (Å²) in [4.78, 5) is 9.68. The van der Waals surface area contributed by atoms with Crippen molar-refractivity contribution in [1.29, 1.82) is 0 Å². The molecule has 0 atom stereocenters. The van der Waals surface area contributed by atoms with Gasteiger partial charge in [-0.2, -0.15) is 0 Å². The minimum absolute atomic E-state index is 0. The van der Waals surface area contributed by atoms with E-state index < -0.39 is 0 Å². The smallest absolute Gasteiger partial charge is 0.121 e. The number of halogens is 1. The van der Waals surface area contributed by atoms with Crippen LogP contribution in [0.1, 0.15) is 130 Å². The van der Waals surface area contributed by atoms with Crippen molar-refractivity contribution in [3.05, 3.63) is 222 Å². The Labute approximate surface area is 475 Å². The summed E-state index contributed by atoms with van der Waals surface area (Å²) < 4.78 is 22.0. The van der Waals surface area contributed by atoms with Gasteiger partial charge in [0.05, 0.1) is 22.4 Å². The number of imidazole rings is 1. The summed E-state index contributed by atoms with van der Waals surface area (Å²) in [5, 5.41) is 2.14. The first-order chi connectivity index (χ1) is 36.6. The summed E-state index contributed by atoms with van der Waals surface area (Å²) in [5.74, 6) is 1.03. The maximum atomic E-state index is 12.8. The molecule has 1 radical (unpaired) electrons. The van der Waals surface area contributed by atoms with Crippen LogP contribution in [-0.4, -0.2) is 14.5 Å². The number of nitrogens with zero attached hydrogens (tertiary/aromatic N) is 3. The average Bonchev–Trinajstić information content (AvgIpc) is 4.09. The van der Waals surface area contributed by atoms with Crippen LogP contribution in [0.3, 0.4) is 0 Å². The molecule has 3 aromatic heterocycles. The summed E-state index contributed by atoms with van der Waals surface area (Å²) in [5.41, 5.74) is 21.3. The number of hydrogen-bond acceptors (Lipinski definition) is 3. The fourth-order valence-corrected chi connectivity index (χ4v) is 10.2. The molecule has 3 heterocycles. The summed E-state index contributed by atoms with van der Waals surface area (Å²) >= 11 is 0. The predicted octanol–water partition coefficient (Wildman–Crippen LogP) is 20.2. The maximum absolute atomic E-state index is 12.8. The monoisotopic (exact) mass is 1200 g/mol. The Balaban J connectivity index is 0.000000350. The largest absolute Gasteiger partial charge is 0.501 e. The van der Waals surface area contributed by atoms with Crippen molar-refractivity contribution in [2.24, 2.45) is 0 Å². The zero-order valence-electron chi connectivity index (χ0n) is 47.4. The molecular formula is C72H70FIrN3O-2. The molecule has 4 nitrogen and oxygen atoms in total. The maximum Gasteiger partial charge on any atom is 0.121 e. The van der Waals surface area contributed by atoms with E-state index in [2.05, 4.69) is 239 Å². The van der Waals surface area contributed by atoms with Crippen molar-refractivity contribution in [3.63, 3.8) is 0 Å². The van der Waals surface area contributed by atoms with Gasteiger partial charge < -0.3 is 14.0 Å². The molecule has 0 saturated heterocycles. The number of pyridine rings is 1. The van der Waals surface area contributed by atoms with E-state index in [4.69, 9.17) is 9.40 Å². The van der Waals surface area contributed by atoms with Gasteiger partial charge in [0.25, 0.3) is 0 Å². The number of rotatable bonds is 8. The van der Waals surface area contributed by atoms with Crippen molar-refractivity contribution >= 4 is 33.0 Å². The number of aromatic nitrogens is 3. The van der Waals surface area contributed by atoms with Crippen LogP contribution in [0.2, 0.25) is 0 Å². The second-order valence-electron chi connectivity index (χ2n) is 24.3. The molecule has 0 N–H and O–H groups in total. The quantitative estimate of drug-likeness (QED) is 0.142. The zero-order chi connectivity index (χ0) is 54.6. The molecule has 0 bridgehead atoms.